The fourth-order valence-corrected chi connectivity index (χ4v) is 3.09. The molecule has 0 spiro atoms. The van der Waals surface area contributed by atoms with E-state index in [4.69, 9.17) is 9.72 Å². The molecule has 6 heteroatoms. The number of piperidine rings is 1. The summed E-state index contributed by atoms with van der Waals surface area (Å²) in [5, 5.41) is 2.94. The average molecular weight is 354 g/mol. The van der Waals surface area contributed by atoms with E-state index in [-0.39, 0.29) is 5.91 Å². The zero-order valence-corrected chi connectivity index (χ0v) is 15.5. The highest BCUT2D eigenvalue weighted by atomic mass is 16.5. The lowest BCUT2D eigenvalue weighted by Gasteiger charge is -2.29. The number of anilines is 1. The van der Waals surface area contributed by atoms with Crippen LogP contribution < -0.4 is 15.0 Å². The summed E-state index contributed by atoms with van der Waals surface area (Å²) in [5.41, 5.74) is 1.46. The lowest BCUT2D eigenvalue weighted by Crippen LogP contribution is -2.34. The number of carbonyl (C=O) groups is 1. The first-order valence-corrected chi connectivity index (χ1v) is 9.27. The van der Waals surface area contributed by atoms with Crippen molar-refractivity contribution in [2.75, 3.05) is 31.6 Å². The van der Waals surface area contributed by atoms with E-state index in [9.17, 15) is 4.79 Å². The van der Waals surface area contributed by atoms with Crippen molar-refractivity contribution < 1.29 is 9.53 Å². The molecule has 2 heterocycles. The quantitative estimate of drug-likeness (QED) is 0.862. The Hall–Kier alpha value is -2.63. The van der Waals surface area contributed by atoms with Crippen LogP contribution in [-0.4, -0.2) is 42.6 Å². The van der Waals surface area contributed by atoms with Crippen LogP contribution in [0.5, 0.6) is 5.75 Å². The molecule has 0 saturated carbocycles. The number of amides is 1. The fourth-order valence-electron chi connectivity index (χ4n) is 3.09. The van der Waals surface area contributed by atoms with Crippen LogP contribution in [0.2, 0.25) is 0 Å². The second-order valence-corrected chi connectivity index (χ2v) is 6.46. The van der Waals surface area contributed by atoms with Crippen LogP contribution in [0, 0.1) is 0 Å². The number of nitrogens with zero attached hydrogens (tertiary/aromatic N) is 3. The molecule has 3 rings (SSSR count). The largest absolute Gasteiger partial charge is 0.497 e. The van der Waals surface area contributed by atoms with Crippen molar-refractivity contribution in [1.82, 2.24) is 15.3 Å². The van der Waals surface area contributed by atoms with Gasteiger partial charge in [0, 0.05) is 31.4 Å². The number of hydrogen-bond acceptors (Lipinski definition) is 5. The van der Waals surface area contributed by atoms with E-state index in [1.807, 2.05) is 31.2 Å². The van der Waals surface area contributed by atoms with E-state index in [0.29, 0.717) is 17.9 Å². The predicted molar refractivity (Wildman–Crippen MR) is 103 cm³/mol. The molecule has 26 heavy (non-hydrogen) atoms. The van der Waals surface area contributed by atoms with Gasteiger partial charge in [-0.05, 0) is 49.9 Å². The highest BCUT2D eigenvalue weighted by Crippen LogP contribution is 2.26. The summed E-state index contributed by atoms with van der Waals surface area (Å²) in [6.45, 7) is 4.54. The maximum Gasteiger partial charge on any atom is 0.256 e. The van der Waals surface area contributed by atoms with Crippen molar-refractivity contribution in [2.45, 2.75) is 32.6 Å². The van der Waals surface area contributed by atoms with Gasteiger partial charge in [0.15, 0.2) is 5.82 Å². The monoisotopic (exact) mass is 354 g/mol. The molecule has 6 nitrogen and oxygen atoms in total. The summed E-state index contributed by atoms with van der Waals surface area (Å²) in [6, 6.07) is 7.65. The number of nitrogens with one attached hydrogen (secondary N) is 1. The first-order chi connectivity index (χ1) is 12.7. The Morgan fingerprint density at radius 1 is 1.19 bits per heavy atom. The number of carbonyl (C=O) groups excluding carboxylic acids is 1. The molecule has 138 valence electrons. The Balaban J connectivity index is 1.95. The molecule has 0 radical (unpaired) electrons. The van der Waals surface area contributed by atoms with Gasteiger partial charge in [0.05, 0.1) is 7.11 Å². The van der Waals surface area contributed by atoms with Gasteiger partial charge in [-0.15, -0.1) is 0 Å². The van der Waals surface area contributed by atoms with Crippen molar-refractivity contribution in [3.05, 3.63) is 36.0 Å². The second-order valence-electron chi connectivity index (χ2n) is 6.46. The summed E-state index contributed by atoms with van der Waals surface area (Å²) in [4.78, 5) is 24.0. The van der Waals surface area contributed by atoms with Gasteiger partial charge in [-0.25, -0.2) is 9.97 Å². The molecule has 1 aromatic heterocycles. The van der Waals surface area contributed by atoms with Crippen LogP contribution in [0.25, 0.3) is 11.4 Å². The molecule has 1 amide bonds. The zero-order valence-electron chi connectivity index (χ0n) is 15.5. The molecule has 1 fully saturated rings. The zero-order chi connectivity index (χ0) is 18.4. The molecule has 0 bridgehead atoms. The minimum atomic E-state index is -0.103. The Morgan fingerprint density at radius 3 is 2.58 bits per heavy atom. The molecule has 1 saturated heterocycles. The van der Waals surface area contributed by atoms with E-state index < -0.39 is 0 Å². The molecular formula is C20H26N4O2. The summed E-state index contributed by atoms with van der Waals surface area (Å²) in [5.74, 6) is 2.05. The number of benzene rings is 1. The standard InChI is InChI=1S/C20H26N4O2/c1-3-11-21-20(25)17-14-22-18(15-7-9-16(26-2)10-8-15)23-19(17)24-12-5-4-6-13-24/h7-10,14H,3-6,11-13H2,1-2H3,(H,21,25). The van der Waals surface area contributed by atoms with Crippen molar-refractivity contribution in [2.24, 2.45) is 0 Å². The van der Waals surface area contributed by atoms with Crippen molar-refractivity contribution in [3.63, 3.8) is 0 Å². The Kier molecular flexibility index (Phi) is 6.04. The van der Waals surface area contributed by atoms with E-state index in [1.165, 1.54) is 6.42 Å². The lowest BCUT2D eigenvalue weighted by atomic mass is 10.1. The van der Waals surface area contributed by atoms with Gasteiger partial charge in [-0.1, -0.05) is 6.92 Å². The summed E-state index contributed by atoms with van der Waals surface area (Å²) in [6.07, 6.45) is 6.02. The first kappa shape index (κ1) is 18.2. The van der Waals surface area contributed by atoms with Gasteiger partial charge >= 0.3 is 0 Å². The van der Waals surface area contributed by atoms with Crippen molar-refractivity contribution >= 4 is 11.7 Å². The number of aromatic nitrogens is 2. The number of methoxy groups -OCH3 is 1. The van der Waals surface area contributed by atoms with Crippen LogP contribution in [0.1, 0.15) is 43.0 Å². The van der Waals surface area contributed by atoms with E-state index in [2.05, 4.69) is 15.2 Å². The Labute approximate surface area is 154 Å². The predicted octanol–water partition coefficient (Wildman–Crippen LogP) is 3.28. The van der Waals surface area contributed by atoms with Crippen LogP contribution in [0.3, 0.4) is 0 Å². The van der Waals surface area contributed by atoms with E-state index in [1.54, 1.807) is 13.3 Å². The van der Waals surface area contributed by atoms with Crippen LogP contribution in [-0.2, 0) is 0 Å². The average Bonchev–Trinajstić information content (AvgIpc) is 2.72. The van der Waals surface area contributed by atoms with Gasteiger partial charge < -0.3 is 15.0 Å². The summed E-state index contributed by atoms with van der Waals surface area (Å²) >= 11 is 0. The lowest BCUT2D eigenvalue weighted by molar-refractivity contribution is 0.0953. The molecule has 1 N–H and O–H groups in total. The highest BCUT2D eigenvalue weighted by Gasteiger charge is 2.21. The maximum atomic E-state index is 12.6. The fraction of sp³-hybridized carbons (Fsp3) is 0.450. The van der Waals surface area contributed by atoms with Crippen molar-refractivity contribution in [3.8, 4) is 17.1 Å². The molecular weight excluding hydrogens is 328 g/mol. The number of rotatable bonds is 6. The third-order valence-electron chi connectivity index (χ3n) is 4.55. The number of hydrogen-bond donors (Lipinski definition) is 1. The summed E-state index contributed by atoms with van der Waals surface area (Å²) in [7, 11) is 1.64. The molecule has 1 aromatic carbocycles. The smallest absolute Gasteiger partial charge is 0.256 e. The van der Waals surface area contributed by atoms with Gasteiger partial charge in [0.25, 0.3) is 5.91 Å². The van der Waals surface area contributed by atoms with Gasteiger partial charge in [0.1, 0.15) is 17.1 Å². The van der Waals surface area contributed by atoms with E-state index in [0.717, 1.165) is 49.5 Å². The molecule has 0 atom stereocenters. The first-order valence-electron chi connectivity index (χ1n) is 9.27. The Morgan fingerprint density at radius 2 is 1.92 bits per heavy atom. The molecule has 0 unspecified atom stereocenters. The van der Waals surface area contributed by atoms with Crippen molar-refractivity contribution in [1.29, 1.82) is 0 Å². The third-order valence-corrected chi connectivity index (χ3v) is 4.55. The van der Waals surface area contributed by atoms with E-state index >= 15 is 0 Å². The second kappa shape index (κ2) is 8.65. The minimum Gasteiger partial charge on any atom is -0.497 e. The maximum absolute atomic E-state index is 12.6. The Bertz CT molecular complexity index is 740. The molecule has 0 aliphatic carbocycles. The molecule has 1 aliphatic rings. The third kappa shape index (κ3) is 4.12. The van der Waals surface area contributed by atoms with Crippen LogP contribution in [0.15, 0.2) is 30.5 Å². The van der Waals surface area contributed by atoms with Crippen LogP contribution in [0.4, 0.5) is 5.82 Å². The normalized spacial score (nSPS) is 14.2. The van der Waals surface area contributed by atoms with Gasteiger partial charge in [-0.3, -0.25) is 4.79 Å². The van der Waals surface area contributed by atoms with Gasteiger partial charge in [-0.2, -0.15) is 0 Å². The summed E-state index contributed by atoms with van der Waals surface area (Å²) < 4.78 is 5.21. The highest BCUT2D eigenvalue weighted by molar-refractivity contribution is 5.98. The molecule has 2 aromatic rings. The molecule has 1 aliphatic heterocycles. The topological polar surface area (TPSA) is 67.3 Å². The SMILES string of the molecule is CCCNC(=O)c1cnc(-c2ccc(OC)cc2)nc1N1CCCCC1. The minimum absolute atomic E-state index is 0.103. The van der Waals surface area contributed by atoms with Crippen LogP contribution >= 0.6 is 0 Å². The van der Waals surface area contributed by atoms with Gasteiger partial charge in [0.2, 0.25) is 0 Å². The number of ether oxygens (including phenoxy) is 1.